The largest absolute Gasteiger partial charge is 0.495 e. The van der Waals surface area contributed by atoms with E-state index in [2.05, 4.69) is 31.9 Å². The summed E-state index contributed by atoms with van der Waals surface area (Å²) in [5.41, 5.74) is 2.43. The molecule has 4 rings (SSSR count). The van der Waals surface area contributed by atoms with Gasteiger partial charge in [0, 0.05) is 23.9 Å². The lowest BCUT2D eigenvalue weighted by Gasteiger charge is -2.23. The van der Waals surface area contributed by atoms with E-state index in [1.54, 1.807) is 50.2 Å². The Morgan fingerprint density at radius 3 is 1.35 bits per heavy atom. The van der Waals surface area contributed by atoms with Gasteiger partial charge in [0.05, 0.1) is 45.7 Å². The Hall–Kier alpha value is -2.92. The second-order valence-electron chi connectivity index (χ2n) is 8.47. The van der Waals surface area contributed by atoms with Gasteiger partial charge in [-0.1, -0.05) is 58.0 Å². The highest BCUT2D eigenvalue weighted by Crippen LogP contribution is 2.45. The molecule has 206 valence electrons. The van der Waals surface area contributed by atoms with Crippen molar-refractivity contribution in [2.45, 2.75) is 9.79 Å². The van der Waals surface area contributed by atoms with Crippen LogP contribution in [0.3, 0.4) is 0 Å². The fourth-order valence-electron chi connectivity index (χ4n) is 4.05. The molecule has 4 aromatic carbocycles. The summed E-state index contributed by atoms with van der Waals surface area (Å²) in [5, 5.41) is 0. The Labute approximate surface area is 258 Å². The summed E-state index contributed by atoms with van der Waals surface area (Å²) >= 11 is 6.92. The summed E-state index contributed by atoms with van der Waals surface area (Å²) in [5.74, 6) is 0.597. The van der Waals surface area contributed by atoms with Gasteiger partial charge in [-0.3, -0.25) is 9.59 Å². The molecular formula is C30H26Br2N2O4S2. The Balaban J connectivity index is 1.59. The number of hydrogen-bond donors (Lipinski definition) is 0. The van der Waals surface area contributed by atoms with Crippen molar-refractivity contribution in [3.05, 3.63) is 105 Å². The smallest absolute Gasteiger partial charge is 0.261 e. The fraction of sp³-hybridized carbons (Fsp3) is 0.133. The van der Waals surface area contributed by atoms with Crippen molar-refractivity contribution in [2.75, 3.05) is 38.1 Å². The maximum atomic E-state index is 13.5. The number of rotatable bonds is 9. The highest BCUT2D eigenvalue weighted by Gasteiger charge is 2.23. The number of methoxy groups -OCH3 is 2. The zero-order valence-corrected chi connectivity index (χ0v) is 27.0. The van der Waals surface area contributed by atoms with Gasteiger partial charge in [-0.25, -0.2) is 0 Å². The molecule has 0 spiro atoms. The Bertz CT molecular complexity index is 1440. The monoisotopic (exact) mass is 700 g/mol. The molecule has 0 aliphatic carbocycles. The Morgan fingerprint density at radius 2 is 0.975 bits per heavy atom. The van der Waals surface area contributed by atoms with Gasteiger partial charge >= 0.3 is 0 Å². The average Bonchev–Trinajstić information content (AvgIpc) is 2.98. The van der Waals surface area contributed by atoms with E-state index in [1.807, 2.05) is 72.8 Å². The summed E-state index contributed by atoms with van der Waals surface area (Å²) < 4.78 is 12.4. The van der Waals surface area contributed by atoms with Crippen molar-refractivity contribution < 1.29 is 19.1 Å². The second kappa shape index (κ2) is 13.6. The molecule has 4 aromatic rings. The topological polar surface area (TPSA) is 59.1 Å². The molecule has 0 aromatic heterocycles. The number of amides is 2. The van der Waals surface area contributed by atoms with Gasteiger partial charge < -0.3 is 19.3 Å². The number of ether oxygens (including phenoxy) is 2. The molecule has 6 nitrogen and oxygen atoms in total. The summed E-state index contributed by atoms with van der Waals surface area (Å²) in [6.45, 7) is 0. The molecule has 0 fully saturated rings. The molecule has 0 saturated heterocycles. The third kappa shape index (κ3) is 6.35. The van der Waals surface area contributed by atoms with Crippen molar-refractivity contribution in [1.82, 2.24) is 0 Å². The molecule has 0 unspecified atom stereocenters. The van der Waals surface area contributed by atoms with Gasteiger partial charge in [0.1, 0.15) is 11.5 Å². The molecule has 40 heavy (non-hydrogen) atoms. The number of benzene rings is 4. The molecule has 0 aliphatic heterocycles. The number of halogens is 2. The van der Waals surface area contributed by atoms with E-state index >= 15 is 0 Å². The molecule has 0 heterocycles. The number of carbonyl (C=O) groups excluding carboxylic acids is 2. The van der Waals surface area contributed by atoms with E-state index < -0.39 is 0 Å². The lowest BCUT2D eigenvalue weighted by atomic mass is 10.1. The van der Waals surface area contributed by atoms with E-state index in [0.717, 1.165) is 21.2 Å². The quantitative estimate of drug-likeness (QED) is 0.163. The molecule has 0 radical (unpaired) electrons. The number of carbonyl (C=O) groups is 2. The molecule has 0 atom stereocenters. The van der Waals surface area contributed by atoms with Crippen molar-refractivity contribution in [3.8, 4) is 11.5 Å². The maximum Gasteiger partial charge on any atom is 0.261 e. The predicted octanol–water partition coefficient (Wildman–Crippen LogP) is 8.58. The van der Waals surface area contributed by atoms with Crippen molar-refractivity contribution in [3.63, 3.8) is 0 Å². The molecule has 0 saturated carbocycles. The zero-order valence-electron chi connectivity index (χ0n) is 22.2. The first-order valence-electron chi connectivity index (χ1n) is 12.0. The summed E-state index contributed by atoms with van der Waals surface area (Å²) in [7, 11) is 9.62. The van der Waals surface area contributed by atoms with Gasteiger partial charge in [0.2, 0.25) is 0 Å². The van der Waals surface area contributed by atoms with E-state index in [9.17, 15) is 9.59 Å². The van der Waals surface area contributed by atoms with Crippen molar-refractivity contribution in [2.24, 2.45) is 0 Å². The average molecular weight is 702 g/mol. The van der Waals surface area contributed by atoms with Gasteiger partial charge in [0.15, 0.2) is 0 Å². The molecule has 10 heteroatoms. The minimum absolute atomic E-state index is 0.190. The normalized spacial score (nSPS) is 10.7. The van der Waals surface area contributed by atoms with E-state index in [4.69, 9.17) is 9.47 Å². The van der Waals surface area contributed by atoms with Crippen LogP contribution in [0.15, 0.2) is 104 Å². The van der Waals surface area contributed by atoms with Gasteiger partial charge in [0.25, 0.3) is 11.8 Å². The Morgan fingerprint density at radius 1 is 0.600 bits per heavy atom. The maximum absolute atomic E-state index is 13.5. The highest BCUT2D eigenvalue weighted by atomic mass is 79.9. The van der Waals surface area contributed by atoms with E-state index in [-0.39, 0.29) is 11.8 Å². The number of hydrogen-bond acceptors (Lipinski definition) is 6. The van der Waals surface area contributed by atoms with Crippen LogP contribution in [0.1, 0.15) is 20.7 Å². The van der Waals surface area contributed by atoms with Crippen LogP contribution in [0.25, 0.3) is 0 Å². The van der Waals surface area contributed by atoms with Crippen LogP contribution in [-0.4, -0.2) is 40.1 Å². The summed E-state index contributed by atoms with van der Waals surface area (Å²) in [6.07, 6.45) is 0. The molecule has 0 N–H and O–H groups in total. The number of para-hydroxylation sites is 4. The standard InChI is InChI=1S/C30H26Br2N2O4S2/c1-33(29(35)19-11-9-13-21(31)27(19)37-3)23-15-5-7-17-25(23)39-40-26-18-8-6-16-24(26)34(2)30(36)20-12-10-14-22(32)28(20)38-4/h5-18H,1-4H3. The van der Waals surface area contributed by atoms with Crippen molar-refractivity contribution in [1.29, 1.82) is 0 Å². The van der Waals surface area contributed by atoms with Crippen LogP contribution < -0.4 is 19.3 Å². The SMILES string of the molecule is COc1c(Br)cccc1C(=O)N(C)c1ccccc1SSc1ccccc1N(C)C(=O)c1cccc(Br)c1OC. The molecule has 0 bridgehead atoms. The Kier molecular flexibility index (Phi) is 10.2. The number of nitrogens with zero attached hydrogens (tertiary/aromatic N) is 2. The first-order chi connectivity index (χ1) is 19.3. The van der Waals surface area contributed by atoms with E-state index in [0.29, 0.717) is 31.6 Å². The molecular weight excluding hydrogens is 676 g/mol. The lowest BCUT2D eigenvalue weighted by Crippen LogP contribution is -2.27. The van der Waals surface area contributed by atoms with Crippen LogP contribution in [0.5, 0.6) is 11.5 Å². The first kappa shape index (κ1) is 30.0. The molecule has 0 aliphatic rings. The predicted molar refractivity (Wildman–Crippen MR) is 171 cm³/mol. The van der Waals surface area contributed by atoms with Crippen molar-refractivity contribution >= 4 is 76.6 Å². The third-order valence-electron chi connectivity index (χ3n) is 6.09. The number of anilines is 2. The van der Waals surface area contributed by atoms with Gasteiger partial charge in [-0.2, -0.15) is 0 Å². The minimum Gasteiger partial charge on any atom is -0.495 e. The van der Waals surface area contributed by atoms with Crippen LogP contribution in [0.4, 0.5) is 11.4 Å². The third-order valence-corrected chi connectivity index (χ3v) is 9.80. The van der Waals surface area contributed by atoms with Crippen LogP contribution in [0.2, 0.25) is 0 Å². The lowest BCUT2D eigenvalue weighted by molar-refractivity contribution is 0.0981. The fourth-order valence-corrected chi connectivity index (χ4v) is 7.52. The van der Waals surface area contributed by atoms with Gasteiger partial charge in [-0.05, 0) is 80.4 Å². The van der Waals surface area contributed by atoms with Crippen LogP contribution in [0, 0.1) is 0 Å². The highest BCUT2D eigenvalue weighted by molar-refractivity contribution is 9.11. The van der Waals surface area contributed by atoms with E-state index in [1.165, 1.54) is 21.6 Å². The zero-order chi connectivity index (χ0) is 28.8. The first-order valence-corrected chi connectivity index (χ1v) is 15.8. The minimum atomic E-state index is -0.190. The van der Waals surface area contributed by atoms with Gasteiger partial charge in [-0.15, -0.1) is 0 Å². The second-order valence-corrected chi connectivity index (χ2v) is 12.4. The summed E-state index contributed by atoms with van der Waals surface area (Å²) in [4.78, 5) is 32.0. The van der Waals surface area contributed by atoms with Crippen LogP contribution in [-0.2, 0) is 0 Å². The molecule has 2 amide bonds. The van der Waals surface area contributed by atoms with Crippen LogP contribution >= 0.6 is 53.4 Å². The summed E-state index contributed by atoms with van der Waals surface area (Å²) in [6, 6.07) is 26.2.